The molecule has 0 atom stereocenters. The summed E-state index contributed by atoms with van der Waals surface area (Å²) >= 11 is 0. The molecule has 0 amide bonds. The van der Waals surface area contributed by atoms with E-state index < -0.39 is 0 Å². The van der Waals surface area contributed by atoms with Crippen molar-refractivity contribution in [2.45, 2.75) is 20.3 Å². The number of nitrogens with zero attached hydrogens (tertiary/aromatic N) is 4. The van der Waals surface area contributed by atoms with Crippen LogP contribution in [0, 0.1) is 17.4 Å². The first kappa shape index (κ1) is 14.0. The second-order valence-corrected chi connectivity index (χ2v) is 5.23. The van der Waals surface area contributed by atoms with Gasteiger partial charge in [0, 0.05) is 25.0 Å². The van der Waals surface area contributed by atoms with Gasteiger partial charge < -0.3 is 0 Å². The molecule has 0 spiro atoms. The van der Waals surface area contributed by atoms with Gasteiger partial charge in [-0.3, -0.25) is 4.90 Å². The Kier molecular flexibility index (Phi) is 4.31. The van der Waals surface area contributed by atoms with Gasteiger partial charge in [-0.25, -0.2) is 9.97 Å². The van der Waals surface area contributed by atoms with Crippen LogP contribution in [0.25, 0.3) is 11.1 Å². The van der Waals surface area contributed by atoms with Crippen LogP contribution in [-0.2, 0) is 6.42 Å². The maximum absolute atomic E-state index is 8.77. The molecule has 1 aromatic carbocycles. The molecule has 0 saturated heterocycles. The molecule has 0 saturated carbocycles. The Morgan fingerprint density at radius 2 is 1.70 bits per heavy atom. The number of nitriles is 1. The molecule has 1 aromatic heterocycles. The van der Waals surface area contributed by atoms with Crippen molar-refractivity contribution in [1.82, 2.24) is 9.97 Å². The Bertz CT molecular complexity index is 594. The van der Waals surface area contributed by atoms with Gasteiger partial charge in [0.25, 0.3) is 0 Å². The Morgan fingerprint density at radius 3 is 2.20 bits per heavy atom. The summed E-state index contributed by atoms with van der Waals surface area (Å²) in [6.07, 6.45) is 6.55. The van der Waals surface area contributed by atoms with Gasteiger partial charge in [0.05, 0.1) is 0 Å². The molecule has 0 fully saturated rings. The molecule has 0 aliphatic carbocycles. The highest BCUT2D eigenvalue weighted by molar-refractivity contribution is 5.62. The van der Waals surface area contributed by atoms with E-state index in [0.29, 0.717) is 11.9 Å². The fourth-order valence-corrected chi connectivity index (χ4v) is 1.99. The number of hydrogen-bond donors (Lipinski definition) is 0. The maximum atomic E-state index is 8.77. The van der Waals surface area contributed by atoms with Crippen molar-refractivity contribution in [3.63, 3.8) is 0 Å². The Morgan fingerprint density at radius 1 is 1.10 bits per heavy atom. The van der Waals surface area contributed by atoms with Crippen LogP contribution in [0.3, 0.4) is 0 Å². The summed E-state index contributed by atoms with van der Waals surface area (Å²) in [4.78, 5) is 9.71. The zero-order chi connectivity index (χ0) is 14.5. The molecule has 0 aliphatic heterocycles. The van der Waals surface area contributed by atoms with Gasteiger partial charge >= 0.3 is 0 Å². The van der Waals surface area contributed by atoms with Gasteiger partial charge in [-0.2, -0.15) is 5.26 Å². The second-order valence-electron chi connectivity index (χ2n) is 5.23. The second kappa shape index (κ2) is 6.16. The zero-order valence-electron chi connectivity index (χ0n) is 12.0. The average Bonchev–Trinajstić information content (AvgIpc) is 2.47. The Hall–Kier alpha value is -2.41. The number of hydrogen-bond acceptors (Lipinski definition) is 4. The minimum atomic E-state index is 0.410. The predicted molar refractivity (Wildman–Crippen MR) is 80.0 cm³/mol. The molecule has 4 heteroatoms. The molecule has 0 bridgehead atoms. The lowest BCUT2D eigenvalue weighted by Gasteiger charge is -2.08. The van der Waals surface area contributed by atoms with Crippen molar-refractivity contribution < 1.29 is 0 Å². The first-order valence-corrected chi connectivity index (χ1v) is 6.65. The number of aromatic nitrogens is 2. The van der Waals surface area contributed by atoms with E-state index in [2.05, 4.69) is 48.1 Å². The van der Waals surface area contributed by atoms with E-state index in [1.807, 2.05) is 6.19 Å². The van der Waals surface area contributed by atoms with Gasteiger partial charge in [-0.05, 0) is 23.5 Å². The summed E-state index contributed by atoms with van der Waals surface area (Å²) in [5.74, 6) is 1.07. The van der Waals surface area contributed by atoms with E-state index in [1.165, 1.54) is 10.5 Å². The summed E-state index contributed by atoms with van der Waals surface area (Å²) in [6.45, 7) is 4.43. The maximum Gasteiger partial charge on any atom is 0.238 e. The molecule has 0 radical (unpaired) electrons. The van der Waals surface area contributed by atoms with Gasteiger partial charge in [0.15, 0.2) is 6.19 Å². The number of anilines is 1. The Balaban J connectivity index is 2.18. The lowest BCUT2D eigenvalue weighted by atomic mass is 10.0. The average molecular weight is 266 g/mol. The fraction of sp³-hybridized carbons (Fsp3) is 0.312. The van der Waals surface area contributed by atoms with Crippen LogP contribution in [0.4, 0.5) is 5.95 Å². The first-order valence-electron chi connectivity index (χ1n) is 6.65. The summed E-state index contributed by atoms with van der Waals surface area (Å²) in [6, 6.07) is 8.46. The molecule has 0 aliphatic rings. The molecule has 0 unspecified atom stereocenters. The van der Waals surface area contributed by atoms with Crippen molar-refractivity contribution in [1.29, 1.82) is 5.26 Å². The summed E-state index contributed by atoms with van der Waals surface area (Å²) in [5, 5.41) is 8.77. The summed E-state index contributed by atoms with van der Waals surface area (Å²) < 4.78 is 0. The molecule has 1 heterocycles. The lowest BCUT2D eigenvalue weighted by Crippen LogP contribution is -2.11. The van der Waals surface area contributed by atoms with Crippen molar-refractivity contribution in [2.24, 2.45) is 5.92 Å². The van der Waals surface area contributed by atoms with Crippen molar-refractivity contribution in [3.05, 3.63) is 42.2 Å². The molecule has 2 rings (SSSR count). The monoisotopic (exact) mass is 266 g/mol. The highest BCUT2D eigenvalue weighted by Crippen LogP contribution is 2.20. The first-order chi connectivity index (χ1) is 9.60. The molecule has 0 N–H and O–H groups in total. The fourth-order valence-electron chi connectivity index (χ4n) is 1.99. The smallest absolute Gasteiger partial charge is 0.238 e. The van der Waals surface area contributed by atoms with Gasteiger partial charge in [-0.15, -0.1) is 0 Å². The molecule has 102 valence electrons. The third-order valence-electron chi connectivity index (χ3n) is 3.02. The van der Waals surface area contributed by atoms with Crippen molar-refractivity contribution in [2.75, 3.05) is 11.9 Å². The van der Waals surface area contributed by atoms with Gasteiger partial charge in [-0.1, -0.05) is 38.1 Å². The van der Waals surface area contributed by atoms with Crippen LogP contribution < -0.4 is 4.90 Å². The molecular weight excluding hydrogens is 248 g/mol. The van der Waals surface area contributed by atoms with Crippen LogP contribution in [-0.4, -0.2) is 17.0 Å². The molecule has 20 heavy (non-hydrogen) atoms. The van der Waals surface area contributed by atoms with Crippen LogP contribution >= 0.6 is 0 Å². The summed E-state index contributed by atoms with van der Waals surface area (Å²) in [5.41, 5.74) is 3.38. The largest absolute Gasteiger partial charge is 0.250 e. The van der Waals surface area contributed by atoms with E-state index in [9.17, 15) is 0 Å². The van der Waals surface area contributed by atoms with Crippen LogP contribution in [0.1, 0.15) is 19.4 Å². The zero-order valence-corrected chi connectivity index (χ0v) is 12.0. The normalized spacial score (nSPS) is 10.3. The Labute approximate surface area is 119 Å². The van der Waals surface area contributed by atoms with E-state index in [1.54, 1.807) is 19.4 Å². The summed E-state index contributed by atoms with van der Waals surface area (Å²) in [7, 11) is 1.63. The molecule has 2 aromatic rings. The van der Waals surface area contributed by atoms with E-state index in [0.717, 1.165) is 17.5 Å². The predicted octanol–water partition coefficient (Wildman–Crippen LogP) is 3.26. The quantitative estimate of drug-likeness (QED) is 0.629. The van der Waals surface area contributed by atoms with Crippen LogP contribution in [0.2, 0.25) is 0 Å². The van der Waals surface area contributed by atoms with Gasteiger partial charge in [0.2, 0.25) is 5.95 Å². The van der Waals surface area contributed by atoms with Crippen molar-refractivity contribution >= 4 is 5.95 Å². The number of benzene rings is 1. The highest BCUT2D eigenvalue weighted by Gasteiger charge is 2.04. The van der Waals surface area contributed by atoms with E-state index >= 15 is 0 Å². The highest BCUT2D eigenvalue weighted by atomic mass is 15.2. The minimum Gasteiger partial charge on any atom is -0.250 e. The van der Waals surface area contributed by atoms with E-state index in [4.69, 9.17) is 5.26 Å². The third kappa shape index (κ3) is 3.33. The van der Waals surface area contributed by atoms with E-state index in [-0.39, 0.29) is 0 Å². The SMILES string of the molecule is CC(C)Cc1ccc(-c2cnc(N(C)C#N)nc2)cc1. The number of rotatable bonds is 4. The van der Waals surface area contributed by atoms with Crippen LogP contribution in [0.5, 0.6) is 0 Å². The molecule has 4 nitrogen and oxygen atoms in total. The third-order valence-corrected chi connectivity index (χ3v) is 3.02. The standard InChI is InChI=1S/C16H18N4/c1-12(2)8-13-4-6-14(7-5-13)15-9-18-16(19-10-15)20(3)11-17/h4-7,9-10,12H,8H2,1-3H3. The van der Waals surface area contributed by atoms with Crippen molar-refractivity contribution in [3.8, 4) is 17.3 Å². The lowest BCUT2D eigenvalue weighted by molar-refractivity contribution is 0.647. The minimum absolute atomic E-state index is 0.410. The van der Waals surface area contributed by atoms with Gasteiger partial charge in [0.1, 0.15) is 0 Å². The molecular formula is C16H18N4. The topological polar surface area (TPSA) is 52.8 Å². The van der Waals surface area contributed by atoms with Crippen LogP contribution in [0.15, 0.2) is 36.7 Å².